The molecule has 1 aromatic heterocycles. The second-order valence-corrected chi connectivity index (χ2v) is 5.10. The van der Waals surface area contributed by atoms with Crippen LogP contribution in [-0.4, -0.2) is 31.1 Å². The highest BCUT2D eigenvalue weighted by molar-refractivity contribution is 5.81. The summed E-state index contributed by atoms with van der Waals surface area (Å²) in [7, 11) is 1.64. The minimum Gasteiger partial charge on any atom is -0.472 e. The molecule has 0 fully saturated rings. The van der Waals surface area contributed by atoms with E-state index in [2.05, 4.69) is 0 Å². The van der Waals surface area contributed by atoms with Gasteiger partial charge in [-0.1, -0.05) is 20.8 Å². The molecule has 1 heterocycles. The first-order valence-corrected chi connectivity index (χ1v) is 5.74. The fourth-order valence-electron chi connectivity index (χ4n) is 1.53. The van der Waals surface area contributed by atoms with Gasteiger partial charge in [-0.15, -0.1) is 0 Å². The van der Waals surface area contributed by atoms with Crippen molar-refractivity contribution in [1.82, 2.24) is 4.90 Å². The van der Waals surface area contributed by atoms with Crippen molar-refractivity contribution in [2.45, 2.75) is 27.3 Å². The third-order valence-electron chi connectivity index (χ3n) is 2.45. The molecule has 0 N–H and O–H groups in total. The van der Waals surface area contributed by atoms with Gasteiger partial charge in [0.05, 0.1) is 19.1 Å². The second kappa shape index (κ2) is 5.87. The summed E-state index contributed by atoms with van der Waals surface area (Å²) in [4.78, 5) is 14.0. The number of nitrogens with zero attached hydrogens (tertiary/aromatic N) is 1. The number of rotatable bonds is 5. The van der Waals surface area contributed by atoms with Gasteiger partial charge in [-0.05, 0) is 6.07 Å². The van der Waals surface area contributed by atoms with Crippen molar-refractivity contribution in [2.75, 3.05) is 20.3 Å². The zero-order valence-corrected chi connectivity index (χ0v) is 11.0. The highest BCUT2D eigenvalue weighted by atomic mass is 16.5. The van der Waals surface area contributed by atoms with E-state index in [-0.39, 0.29) is 11.3 Å². The van der Waals surface area contributed by atoms with Gasteiger partial charge in [0, 0.05) is 31.2 Å². The number of ether oxygens (including phenoxy) is 1. The molecule has 0 aliphatic rings. The summed E-state index contributed by atoms with van der Waals surface area (Å²) in [6.45, 7) is 7.47. The molecule has 0 spiro atoms. The highest BCUT2D eigenvalue weighted by Crippen LogP contribution is 2.19. The normalized spacial score (nSPS) is 11.5. The predicted molar refractivity (Wildman–Crippen MR) is 65.5 cm³/mol. The summed E-state index contributed by atoms with van der Waals surface area (Å²) < 4.78 is 10.1. The SMILES string of the molecule is COCCN(Cc1ccoc1)C(=O)C(C)(C)C. The van der Waals surface area contributed by atoms with Crippen LogP contribution in [0.2, 0.25) is 0 Å². The molecule has 4 heteroatoms. The molecule has 0 saturated heterocycles. The maximum absolute atomic E-state index is 12.2. The first-order chi connectivity index (χ1) is 7.95. The number of carbonyl (C=O) groups is 1. The summed E-state index contributed by atoms with van der Waals surface area (Å²) in [6, 6.07) is 1.87. The number of methoxy groups -OCH3 is 1. The van der Waals surface area contributed by atoms with Gasteiger partial charge in [0.15, 0.2) is 0 Å². The average molecular weight is 239 g/mol. The van der Waals surface area contributed by atoms with Gasteiger partial charge in [0.2, 0.25) is 5.91 Å². The molecule has 1 aromatic rings. The van der Waals surface area contributed by atoms with Crippen LogP contribution in [0.15, 0.2) is 23.0 Å². The maximum atomic E-state index is 12.2. The van der Waals surface area contributed by atoms with Crippen LogP contribution in [0.4, 0.5) is 0 Å². The lowest BCUT2D eigenvalue weighted by Gasteiger charge is -2.29. The van der Waals surface area contributed by atoms with Gasteiger partial charge in [-0.25, -0.2) is 0 Å². The quantitative estimate of drug-likeness (QED) is 0.791. The van der Waals surface area contributed by atoms with Gasteiger partial charge in [-0.2, -0.15) is 0 Å². The summed E-state index contributed by atoms with van der Waals surface area (Å²) in [5.41, 5.74) is 0.621. The summed E-state index contributed by atoms with van der Waals surface area (Å²) in [6.07, 6.45) is 3.28. The van der Waals surface area contributed by atoms with E-state index in [9.17, 15) is 4.79 Å². The molecule has 17 heavy (non-hydrogen) atoms. The number of carbonyl (C=O) groups excluding carboxylic acids is 1. The van der Waals surface area contributed by atoms with Crippen LogP contribution in [0.25, 0.3) is 0 Å². The maximum Gasteiger partial charge on any atom is 0.228 e. The lowest BCUT2D eigenvalue weighted by molar-refractivity contribution is -0.140. The molecule has 4 nitrogen and oxygen atoms in total. The van der Waals surface area contributed by atoms with Crippen molar-refractivity contribution < 1.29 is 13.9 Å². The Labute approximate surface area is 103 Å². The van der Waals surface area contributed by atoms with Crippen LogP contribution in [0, 0.1) is 5.41 Å². The molecule has 1 rings (SSSR count). The molecule has 1 amide bonds. The molecule has 96 valence electrons. The van der Waals surface area contributed by atoms with Crippen molar-refractivity contribution in [3.05, 3.63) is 24.2 Å². The van der Waals surface area contributed by atoms with Gasteiger partial charge in [0.1, 0.15) is 0 Å². The van der Waals surface area contributed by atoms with Crippen molar-refractivity contribution in [1.29, 1.82) is 0 Å². The minimum absolute atomic E-state index is 0.121. The van der Waals surface area contributed by atoms with E-state index in [1.54, 1.807) is 24.5 Å². The first kappa shape index (κ1) is 13.8. The topological polar surface area (TPSA) is 42.7 Å². The second-order valence-electron chi connectivity index (χ2n) is 5.10. The molecule has 0 aliphatic carbocycles. The first-order valence-electron chi connectivity index (χ1n) is 5.74. The van der Waals surface area contributed by atoms with Crippen LogP contribution < -0.4 is 0 Å². The van der Waals surface area contributed by atoms with E-state index in [1.807, 2.05) is 26.8 Å². The zero-order chi connectivity index (χ0) is 12.9. The number of hydrogen-bond acceptors (Lipinski definition) is 3. The lowest BCUT2D eigenvalue weighted by Crippen LogP contribution is -2.40. The van der Waals surface area contributed by atoms with Crippen molar-refractivity contribution in [3.8, 4) is 0 Å². The van der Waals surface area contributed by atoms with Crippen LogP contribution in [0.5, 0.6) is 0 Å². The molecule has 0 atom stereocenters. The summed E-state index contributed by atoms with van der Waals surface area (Å²) >= 11 is 0. The predicted octanol–water partition coefficient (Wildman–Crippen LogP) is 2.30. The van der Waals surface area contributed by atoms with Gasteiger partial charge in [0.25, 0.3) is 0 Å². The minimum atomic E-state index is -0.378. The molecule has 0 bridgehead atoms. The largest absolute Gasteiger partial charge is 0.472 e. The van der Waals surface area contributed by atoms with E-state index in [1.165, 1.54) is 0 Å². The van der Waals surface area contributed by atoms with Crippen molar-refractivity contribution in [3.63, 3.8) is 0 Å². The zero-order valence-electron chi connectivity index (χ0n) is 11.0. The third-order valence-corrected chi connectivity index (χ3v) is 2.45. The Balaban J connectivity index is 2.70. The number of hydrogen-bond donors (Lipinski definition) is 0. The Morgan fingerprint density at radius 2 is 2.18 bits per heavy atom. The monoisotopic (exact) mass is 239 g/mol. The van der Waals surface area contributed by atoms with Gasteiger partial charge in [-0.3, -0.25) is 4.79 Å². The standard InChI is InChI=1S/C13H21NO3/c1-13(2,3)12(15)14(6-8-16-4)9-11-5-7-17-10-11/h5,7,10H,6,8-9H2,1-4H3. The van der Waals surface area contributed by atoms with E-state index in [0.717, 1.165) is 5.56 Å². The average Bonchev–Trinajstić information content (AvgIpc) is 2.74. The third kappa shape index (κ3) is 4.23. The lowest BCUT2D eigenvalue weighted by atomic mass is 9.94. The molecule has 0 aliphatic heterocycles. The Bertz CT molecular complexity index is 338. The van der Waals surface area contributed by atoms with E-state index < -0.39 is 0 Å². The summed E-state index contributed by atoms with van der Waals surface area (Å²) in [5, 5.41) is 0. The molecule has 0 radical (unpaired) electrons. The fourth-order valence-corrected chi connectivity index (χ4v) is 1.53. The van der Waals surface area contributed by atoms with Crippen LogP contribution >= 0.6 is 0 Å². The Morgan fingerprint density at radius 1 is 1.47 bits per heavy atom. The Morgan fingerprint density at radius 3 is 2.65 bits per heavy atom. The van der Waals surface area contributed by atoms with Crippen LogP contribution in [0.3, 0.4) is 0 Å². The van der Waals surface area contributed by atoms with E-state index in [4.69, 9.17) is 9.15 Å². The Hall–Kier alpha value is -1.29. The molecular weight excluding hydrogens is 218 g/mol. The van der Waals surface area contributed by atoms with Crippen LogP contribution in [0.1, 0.15) is 26.3 Å². The molecule has 0 unspecified atom stereocenters. The number of furan rings is 1. The van der Waals surface area contributed by atoms with Gasteiger partial charge >= 0.3 is 0 Å². The molecule has 0 aromatic carbocycles. The van der Waals surface area contributed by atoms with Crippen LogP contribution in [-0.2, 0) is 16.1 Å². The Kier molecular flexibility index (Phi) is 4.75. The van der Waals surface area contributed by atoms with Crippen molar-refractivity contribution in [2.24, 2.45) is 5.41 Å². The molecular formula is C13H21NO3. The van der Waals surface area contributed by atoms with E-state index >= 15 is 0 Å². The van der Waals surface area contributed by atoms with Crippen molar-refractivity contribution >= 4 is 5.91 Å². The smallest absolute Gasteiger partial charge is 0.228 e. The van der Waals surface area contributed by atoms with Gasteiger partial charge < -0.3 is 14.1 Å². The number of amides is 1. The molecule has 0 saturated carbocycles. The fraction of sp³-hybridized carbons (Fsp3) is 0.615. The van der Waals surface area contributed by atoms with E-state index in [0.29, 0.717) is 19.7 Å². The highest BCUT2D eigenvalue weighted by Gasteiger charge is 2.27. The summed E-state index contributed by atoms with van der Waals surface area (Å²) in [5.74, 6) is 0.121.